The summed E-state index contributed by atoms with van der Waals surface area (Å²) in [6, 6.07) is 6.92. The summed E-state index contributed by atoms with van der Waals surface area (Å²) in [5.41, 5.74) is 1.37. The number of likely N-dealkylation sites (tertiary alicyclic amines) is 1. The Kier molecular flexibility index (Phi) is 5.92. The van der Waals surface area contributed by atoms with Gasteiger partial charge in [0.25, 0.3) is 5.91 Å². The van der Waals surface area contributed by atoms with Crippen molar-refractivity contribution in [1.82, 2.24) is 9.88 Å². The fourth-order valence-corrected chi connectivity index (χ4v) is 3.92. The van der Waals surface area contributed by atoms with Gasteiger partial charge in [0.15, 0.2) is 5.78 Å². The van der Waals surface area contributed by atoms with E-state index >= 15 is 0 Å². The van der Waals surface area contributed by atoms with E-state index in [-0.39, 0.29) is 18.3 Å². The molecule has 152 valence electrons. The SMILES string of the molecule is O=C1COc2ccc(C(=O)N3CCC(COc4cc(Cl)ncc4Cl)CC3)cc2C1. The number of rotatable bonds is 4. The first kappa shape index (κ1) is 20.0. The zero-order valence-corrected chi connectivity index (χ0v) is 17.2. The summed E-state index contributed by atoms with van der Waals surface area (Å²) < 4.78 is 11.2. The van der Waals surface area contributed by atoms with Gasteiger partial charge in [0.05, 0.1) is 12.8 Å². The summed E-state index contributed by atoms with van der Waals surface area (Å²) in [6.07, 6.45) is 3.47. The summed E-state index contributed by atoms with van der Waals surface area (Å²) in [4.78, 5) is 30.2. The quantitative estimate of drug-likeness (QED) is 0.683. The molecule has 2 aromatic rings. The molecule has 0 atom stereocenters. The molecule has 1 amide bonds. The van der Waals surface area contributed by atoms with Gasteiger partial charge in [-0.15, -0.1) is 0 Å². The van der Waals surface area contributed by atoms with Gasteiger partial charge in [0.2, 0.25) is 0 Å². The lowest BCUT2D eigenvalue weighted by Crippen LogP contribution is -2.39. The first-order valence-electron chi connectivity index (χ1n) is 9.50. The number of amides is 1. The molecule has 2 aliphatic rings. The Labute approximate surface area is 178 Å². The van der Waals surface area contributed by atoms with Crippen LogP contribution in [0, 0.1) is 5.92 Å². The topological polar surface area (TPSA) is 68.7 Å². The number of pyridine rings is 1. The number of carbonyl (C=O) groups excluding carboxylic acids is 2. The Morgan fingerprint density at radius 3 is 2.83 bits per heavy atom. The van der Waals surface area contributed by atoms with Gasteiger partial charge in [0, 0.05) is 36.7 Å². The van der Waals surface area contributed by atoms with Crippen molar-refractivity contribution in [2.45, 2.75) is 19.3 Å². The molecule has 1 aromatic carbocycles. The highest BCUT2D eigenvalue weighted by atomic mass is 35.5. The van der Waals surface area contributed by atoms with Crippen molar-refractivity contribution in [2.75, 3.05) is 26.3 Å². The van der Waals surface area contributed by atoms with Crippen LogP contribution in [0.4, 0.5) is 0 Å². The van der Waals surface area contributed by atoms with Crippen LogP contribution in [0.25, 0.3) is 0 Å². The van der Waals surface area contributed by atoms with Gasteiger partial charge in [-0.1, -0.05) is 23.2 Å². The number of Topliss-reactive ketones (excluding diaryl/α,β-unsaturated/α-hetero) is 1. The summed E-state index contributed by atoms with van der Waals surface area (Å²) in [5, 5.41) is 0.763. The first-order valence-corrected chi connectivity index (χ1v) is 10.3. The van der Waals surface area contributed by atoms with E-state index < -0.39 is 0 Å². The summed E-state index contributed by atoms with van der Waals surface area (Å²) in [5.74, 6) is 1.55. The number of halogens is 2. The van der Waals surface area contributed by atoms with Crippen LogP contribution in [-0.2, 0) is 11.2 Å². The maximum Gasteiger partial charge on any atom is 0.253 e. The van der Waals surface area contributed by atoms with E-state index in [1.807, 2.05) is 4.90 Å². The molecule has 1 saturated heterocycles. The number of ketones is 1. The molecule has 0 bridgehead atoms. The zero-order chi connectivity index (χ0) is 20.4. The predicted molar refractivity (Wildman–Crippen MR) is 109 cm³/mol. The molecule has 1 aromatic heterocycles. The standard InChI is InChI=1S/C21H20Cl2N2O4/c22-17-10-24-20(23)9-19(17)28-11-13-3-5-25(6-4-13)21(27)14-1-2-18-15(7-14)8-16(26)12-29-18/h1-2,7,9-10,13H,3-6,8,11-12H2. The molecule has 8 heteroatoms. The third kappa shape index (κ3) is 4.65. The fourth-order valence-electron chi connectivity index (χ4n) is 3.61. The lowest BCUT2D eigenvalue weighted by atomic mass is 9.96. The number of hydrogen-bond acceptors (Lipinski definition) is 5. The van der Waals surface area contributed by atoms with Crippen LogP contribution < -0.4 is 9.47 Å². The van der Waals surface area contributed by atoms with Crippen LogP contribution in [0.15, 0.2) is 30.5 Å². The second-order valence-electron chi connectivity index (χ2n) is 7.31. The third-order valence-electron chi connectivity index (χ3n) is 5.25. The molecule has 2 aliphatic heterocycles. The number of nitrogens with zero attached hydrogens (tertiary/aromatic N) is 2. The van der Waals surface area contributed by atoms with Crippen molar-refractivity contribution in [3.05, 3.63) is 51.8 Å². The Bertz CT molecular complexity index is 942. The molecule has 0 N–H and O–H groups in total. The van der Waals surface area contributed by atoms with Gasteiger partial charge in [-0.05, 0) is 37.0 Å². The molecule has 4 rings (SSSR count). The van der Waals surface area contributed by atoms with Crippen molar-refractivity contribution >= 4 is 34.9 Å². The van der Waals surface area contributed by atoms with Gasteiger partial charge in [-0.25, -0.2) is 4.98 Å². The number of fused-ring (bicyclic) bond motifs is 1. The minimum atomic E-state index is -0.0193. The largest absolute Gasteiger partial charge is 0.492 e. The van der Waals surface area contributed by atoms with E-state index in [1.165, 1.54) is 6.20 Å². The van der Waals surface area contributed by atoms with E-state index in [2.05, 4.69) is 4.98 Å². The monoisotopic (exact) mass is 434 g/mol. The van der Waals surface area contributed by atoms with Crippen molar-refractivity contribution in [3.8, 4) is 11.5 Å². The van der Waals surface area contributed by atoms with Gasteiger partial charge in [-0.2, -0.15) is 0 Å². The first-order chi connectivity index (χ1) is 14.0. The van der Waals surface area contributed by atoms with Gasteiger partial charge >= 0.3 is 0 Å². The zero-order valence-electron chi connectivity index (χ0n) is 15.7. The summed E-state index contributed by atoms with van der Waals surface area (Å²) in [6.45, 7) is 1.93. The minimum absolute atomic E-state index is 0.0193. The van der Waals surface area contributed by atoms with Gasteiger partial charge in [-0.3, -0.25) is 9.59 Å². The lowest BCUT2D eigenvalue weighted by Gasteiger charge is -2.32. The number of hydrogen-bond donors (Lipinski definition) is 0. The molecular weight excluding hydrogens is 415 g/mol. The van der Waals surface area contributed by atoms with Gasteiger partial charge in [0.1, 0.15) is 28.3 Å². The average Bonchev–Trinajstić information content (AvgIpc) is 2.73. The second-order valence-corrected chi connectivity index (χ2v) is 8.11. The molecule has 1 fully saturated rings. The molecule has 29 heavy (non-hydrogen) atoms. The average molecular weight is 435 g/mol. The van der Waals surface area contributed by atoms with E-state index in [0.717, 1.165) is 18.4 Å². The number of aromatic nitrogens is 1. The predicted octanol–water partition coefficient (Wildman–Crippen LogP) is 3.82. The molecule has 0 spiro atoms. The highest BCUT2D eigenvalue weighted by molar-refractivity contribution is 6.33. The van der Waals surface area contributed by atoms with E-state index in [1.54, 1.807) is 24.3 Å². The van der Waals surface area contributed by atoms with Crippen LogP contribution in [0.1, 0.15) is 28.8 Å². The van der Waals surface area contributed by atoms with Crippen LogP contribution >= 0.6 is 23.2 Å². The summed E-state index contributed by atoms with van der Waals surface area (Å²) >= 11 is 12.0. The fraction of sp³-hybridized carbons (Fsp3) is 0.381. The van der Waals surface area contributed by atoms with Crippen molar-refractivity contribution in [2.24, 2.45) is 5.92 Å². The number of carbonyl (C=O) groups is 2. The van der Waals surface area contributed by atoms with Crippen LogP contribution in [0.3, 0.4) is 0 Å². The van der Waals surface area contributed by atoms with Crippen molar-refractivity contribution < 1.29 is 19.1 Å². The highest BCUT2D eigenvalue weighted by Gasteiger charge is 2.26. The number of ether oxygens (including phenoxy) is 2. The molecule has 6 nitrogen and oxygen atoms in total. The van der Waals surface area contributed by atoms with E-state index in [0.29, 0.717) is 59.3 Å². The van der Waals surface area contributed by atoms with E-state index in [4.69, 9.17) is 32.7 Å². The molecule has 0 aliphatic carbocycles. The molecule has 0 saturated carbocycles. The smallest absolute Gasteiger partial charge is 0.253 e. The van der Waals surface area contributed by atoms with Crippen LogP contribution in [-0.4, -0.2) is 47.9 Å². The third-order valence-corrected chi connectivity index (χ3v) is 5.74. The molecule has 3 heterocycles. The minimum Gasteiger partial charge on any atom is -0.492 e. The molecule has 0 unspecified atom stereocenters. The summed E-state index contributed by atoms with van der Waals surface area (Å²) in [7, 11) is 0. The van der Waals surface area contributed by atoms with Crippen molar-refractivity contribution in [3.63, 3.8) is 0 Å². The Balaban J connectivity index is 1.32. The van der Waals surface area contributed by atoms with Crippen LogP contribution in [0.2, 0.25) is 10.2 Å². The van der Waals surface area contributed by atoms with Crippen molar-refractivity contribution in [1.29, 1.82) is 0 Å². The number of piperidine rings is 1. The number of benzene rings is 1. The highest BCUT2D eigenvalue weighted by Crippen LogP contribution is 2.29. The van der Waals surface area contributed by atoms with Crippen LogP contribution in [0.5, 0.6) is 11.5 Å². The Morgan fingerprint density at radius 2 is 2.03 bits per heavy atom. The van der Waals surface area contributed by atoms with E-state index in [9.17, 15) is 9.59 Å². The molecular formula is C21H20Cl2N2O4. The maximum absolute atomic E-state index is 12.9. The lowest BCUT2D eigenvalue weighted by molar-refractivity contribution is -0.121. The maximum atomic E-state index is 12.9. The Hall–Kier alpha value is -2.31. The molecule has 0 radical (unpaired) electrons. The van der Waals surface area contributed by atoms with Gasteiger partial charge < -0.3 is 14.4 Å². The normalized spacial score (nSPS) is 16.9. The Morgan fingerprint density at radius 1 is 1.24 bits per heavy atom. The second kappa shape index (κ2) is 8.59.